The Morgan fingerprint density at radius 2 is 2.35 bits per heavy atom. The van der Waals surface area contributed by atoms with E-state index < -0.39 is 6.17 Å². The molecule has 3 heterocycles. The molecule has 1 saturated heterocycles. The highest BCUT2D eigenvalue weighted by molar-refractivity contribution is 7.09. The third kappa shape index (κ3) is 3.89. The van der Waals surface area contributed by atoms with E-state index in [9.17, 15) is 9.18 Å². The van der Waals surface area contributed by atoms with E-state index in [2.05, 4.69) is 20.1 Å². The van der Waals surface area contributed by atoms with Crippen LogP contribution in [0.15, 0.2) is 30.0 Å². The van der Waals surface area contributed by atoms with E-state index in [-0.39, 0.29) is 11.9 Å². The maximum absolute atomic E-state index is 13.8. The van der Waals surface area contributed by atoms with Crippen molar-refractivity contribution in [3.63, 3.8) is 0 Å². The third-order valence-electron chi connectivity index (χ3n) is 3.96. The van der Waals surface area contributed by atoms with Crippen LogP contribution in [0.2, 0.25) is 0 Å². The summed E-state index contributed by atoms with van der Waals surface area (Å²) in [6, 6.07) is 1.63. The number of carbonyl (C=O) groups excluding carboxylic acids is 1. The molecule has 0 saturated carbocycles. The molecule has 0 spiro atoms. The van der Waals surface area contributed by atoms with Crippen LogP contribution in [-0.4, -0.2) is 63.2 Å². The van der Waals surface area contributed by atoms with Gasteiger partial charge in [0.2, 0.25) is 0 Å². The number of nitrogens with zero attached hydrogens (tertiary/aromatic N) is 5. The lowest BCUT2D eigenvalue weighted by molar-refractivity contribution is 0.0749. The smallest absolute Gasteiger partial charge is 0.255 e. The summed E-state index contributed by atoms with van der Waals surface area (Å²) in [6.07, 6.45) is 4.27. The van der Waals surface area contributed by atoms with E-state index in [0.717, 1.165) is 5.01 Å². The lowest BCUT2D eigenvalue weighted by atomic mass is 10.2. The minimum Gasteiger partial charge on any atom is -0.340 e. The molecule has 2 aromatic heterocycles. The molecule has 2 atom stereocenters. The highest BCUT2D eigenvalue weighted by Crippen LogP contribution is 2.24. The average molecular weight is 335 g/mol. The Kier molecular flexibility index (Phi) is 4.92. The lowest BCUT2D eigenvalue weighted by Crippen LogP contribution is -2.41. The minimum atomic E-state index is -0.856. The zero-order valence-corrected chi connectivity index (χ0v) is 13.6. The van der Waals surface area contributed by atoms with E-state index >= 15 is 0 Å². The zero-order valence-electron chi connectivity index (χ0n) is 12.8. The van der Waals surface area contributed by atoms with Crippen LogP contribution in [0.5, 0.6) is 0 Å². The molecule has 1 amide bonds. The van der Waals surface area contributed by atoms with E-state index in [1.807, 2.05) is 5.38 Å². The summed E-state index contributed by atoms with van der Waals surface area (Å²) in [5.74, 6) is -0.128. The van der Waals surface area contributed by atoms with Crippen LogP contribution in [0.3, 0.4) is 0 Å². The molecule has 2 aromatic rings. The molecule has 0 radical (unpaired) electrons. The summed E-state index contributed by atoms with van der Waals surface area (Å²) in [5, 5.41) is 10.3. The van der Waals surface area contributed by atoms with Gasteiger partial charge in [0.15, 0.2) is 0 Å². The summed E-state index contributed by atoms with van der Waals surface area (Å²) < 4.78 is 13.8. The van der Waals surface area contributed by atoms with Gasteiger partial charge in [-0.2, -0.15) is 10.2 Å². The van der Waals surface area contributed by atoms with Gasteiger partial charge in [0, 0.05) is 37.8 Å². The Hall–Kier alpha value is -1.93. The number of hydrogen-bond acceptors (Lipinski definition) is 6. The van der Waals surface area contributed by atoms with Crippen LogP contribution < -0.4 is 0 Å². The number of amides is 1. The van der Waals surface area contributed by atoms with Gasteiger partial charge in [-0.1, -0.05) is 0 Å². The van der Waals surface area contributed by atoms with Crippen molar-refractivity contribution in [3.05, 3.63) is 40.6 Å². The van der Waals surface area contributed by atoms with Crippen LogP contribution in [-0.2, 0) is 6.54 Å². The maximum atomic E-state index is 13.8. The first kappa shape index (κ1) is 15.9. The fraction of sp³-hybridized carbons (Fsp3) is 0.467. The van der Waals surface area contributed by atoms with E-state index in [4.69, 9.17) is 0 Å². The van der Waals surface area contributed by atoms with Gasteiger partial charge in [-0.3, -0.25) is 9.69 Å². The molecule has 6 nitrogen and oxygen atoms in total. The van der Waals surface area contributed by atoms with Gasteiger partial charge in [-0.05, 0) is 12.5 Å². The van der Waals surface area contributed by atoms with Gasteiger partial charge in [0.1, 0.15) is 11.2 Å². The quantitative estimate of drug-likeness (QED) is 0.831. The summed E-state index contributed by atoms with van der Waals surface area (Å²) in [6.45, 7) is 1.50. The van der Waals surface area contributed by atoms with Gasteiger partial charge in [0.05, 0.1) is 24.5 Å². The van der Waals surface area contributed by atoms with Crippen LogP contribution in [0.25, 0.3) is 0 Å². The van der Waals surface area contributed by atoms with Crippen molar-refractivity contribution in [3.8, 4) is 0 Å². The second-order valence-electron chi connectivity index (χ2n) is 5.66. The highest BCUT2D eigenvalue weighted by atomic mass is 32.1. The number of thiazole rings is 1. The van der Waals surface area contributed by atoms with Crippen molar-refractivity contribution in [1.82, 2.24) is 25.0 Å². The second-order valence-corrected chi connectivity index (χ2v) is 6.64. The van der Waals surface area contributed by atoms with Gasteiger partial charge >= 0.3 is 0 Å². The molecule has 122 valence electrons. The molecule has 23 heavy (non-hydrogen) atoms. The lowest BCUT2D eigenvalue weighted by Gasteiger charge is -2.27. The van der Waals surface area contributed by atoms with Gasteiger partial charge in [-0.25, -0.2) is 9.37 Å². The molecule has 0 N–H and O–H groups in total. The summed E-state index contributed by atoms with van der Waals surface area (Å²) >= 11 is 1.56. The normalized spacial score (nSPS) is 21.5. The second kappa shape index (κ2) is 7.10. The summed E-state index contributed by atoms with van der Waals surface area (Å²) in [5.41, 5.74) is 0.490. The Balaban J connectivity index is 1.64. The first-order valence-corrected chi connectivity index (χ1v) is 8.30. The van der Waals surface area contributed by atoms with Crippen molar-refractivity contribution in [2.75, 3.05) is 20.1 Å². The Bertz CT molecular complexity index is 639. The fourth-order valence-corrected chi connectivity index (χ4v) is 3.49. The van der Waals surface area contributed by atoms with Crippen molar-refractivity contribution < 1.29 is 9.18 Å². The minimum absolute atomic E-state index is 0.00218. The van der Waals surface area contributed by atoms with Crippen molar-refractivity contribution >= 4 is 17.2 Å². The largest absolute Gasteiger partial charge is 0.340 e. The standard InChI is InChI=1S/C15H18FN5OS/c1-20(15(22)11-2-3-18-19-7-11)9-13-6-12(16)8-21(13)10-14-17-4-5-23-14/h2-5,7,12-13H,6,8-10H2,1H3/t12-,13-/m0/s1. The SMILES string of the molecule is CN(C[C@@H]1C[C@H](F)CN1Cc1nccs1)C(=O)c1ccnnc1. The zero-order chi connectivity index (χ0) is 16.2. The molecule has 1 aliphatic rings. The molecule has 1 aliphatic heterocycles. The summed E-state index contributed by atoms with van der Waals surface area (Å²) in [7, 11) is 1.73. The van der Waals surface area contributed by atoms with Crippen LogP contribution in [0, 0.1) is 0 Å². The topological polar surface area (TPSA) is 62.2 Å². The number of rotatable bonds is 5. The number of aromatic nitrogens is 3. The number of likely N-dealkylation sites (N-methyl/N-ethyl adjacent to an activating group) is 1. The molecule has 3 rings (SSSR count). The predicted octanol–water partition coefficient (Wildman–Crippen LogP) is 1.62. The number of likely N-dealkylation sites (tertiary alicyclic amines) is 1. The molecule has 8 heteroatoms. The monoisotopic (exact) mass is 335 g/mol. The summed E-state index contributed by atoms with van der Waals surface area (Å²) in [4.78, 5) is 20.3. The molecule has 0 aromatic carbocycles. The molecular formula is C15H18FN5OS. The molecule has 1 fully saturated rings. The Morgan fingerprint density at radius 3 is 3.04 bits per heavy atom. The third-order valence-corrected chi connectivity index (χ3v) is 4.73. The first-order chi connectivity index (χ1) is 11.1. The molecular weight excluding hydrogens is 317 g/mol. The molecule has 0 unspecified atom stereocenters. The highest BCUT2D eigenvalue weighted by Gasteiger charge is 2.34. The van der Waals surface area contributed by atoms with Crippen molar-refractivity contribution in [1.29, 1.82) is 0 Å². The molecule has 0 aliphatic carbocycles. The van der Waals surface area contributed by atoms with Crippen LogP contribution in [0.1, 0.15) is 21.8 Å². The maximum Gasteiger partial charge on any atom is 0.255 e. The van der Waals surface area contributed by atoms with E-state index in [0.29, 0.717) is 31.6 Å². The van der Waals surface area contributed by atoms with E-state index in [1.165, 1.54) is 12.4 Å². The predicted molar refractivity (Wildman–Crippen MR) is 84.8 cm³/mol. The van der Waals surface area contributed by atoms with Crippen molar-refractivity contribution in [2.24, 2.45) is 0 Å². The van der Waals surface area contributed by atoms with Crippen molar-refractivity contribution in [2.45, 2.75) is 25.2 Å². The van der Waals surface area contributed by atoms with E-state index in [1.54, 1.807) is 35.5 Å². The average Bonchev–Trinajstić information content (AvgIpc) is 3.18. The number of carbonyl (C=O) groups is 1. The Labute approximate surface area is 138 Å². The van der Waals surface area contributed by atoms with Gasteiger partial charge in [0.25, 0.3) is 5.91 Å². The number of halogens is 1. The van der Waals surface area contributed by atoms with Gasteiger partial charge in [-0.15, -0.1) is 11.3 Å². The number of alkyl halides is 1. The molecule has 0 bridgehead atoms. The first-order valence-electron chi connectivity index (χ1n) is 7.42. The Morgan fingerprint density at radius 1 is 1.48 bits per heavy atom. The fourth-order valence-electron chi connectivity index (χ4n) is 2.85. The van der Waals surface area contributed by atoms with Crippen LogP contribution >= 0.6 is 11.3 Å². The van der Waals surface area contributed by atoms with Crippen LogP contribution in [0.4, 0.5) is 4.39 Å². The van der Waals surface area contributed by atoms with Gasteiger partial charge < -0.3 is 4.90 Å². The number of hydrogen-bond donors (Lipinski definition) is 0.